The number of rotatable bonds is 4. The molecule has 0 saturated carbocycles. The standard InChI is InChI=1S/C19H21ClN4O3/c1-27-18(25)15-4-5-16(20)17(11-15)22-19(26)24-9-7-23(8-10-24)13-14-3-2-6-21-12-14/h2-6,11-12H,7-10,13H2,1H3,(H,22,26). The number of pyridine rings is 1. The van der Waals surface area contributed by atoms with Crippen LogP contribution in [-0.4, -0.2) is 60.1 Å². The zero-order valence-corrected chi connectivity index (χ0v) is 15.8. The fourth-order valence-corrected chi connectivity index (χ4v) is 3.08. The van der Waals surface area contributed by atoms with Crippen molar-refractivity contribution in [2.75, 3.05) is 38.6 Å². The second-order valence-corrected chi connectivity index (χ2v) is 6.65. The molecule has 2 aromatic rings. The van der Waals surface area contributed by atoms with Crippen molar-refractivity contribution < 1.29 is 14.3 Å². The number of esters is 1. The summed E-state index contributed by atoms with van der Waals surface area (Å²) in [5.74, 6) is -0.480. The Labute approximate surface area is 162 Å². The zero-order chi connectivity index (χ0) is 19.2. The maximum Gasteiger partial charge on any atom is 0.337 e. The van der Waals surface area contributed by atoms with Crippen molar-refractivity contribution in [3.8, 4) is 0 Å². The van der Waals surface area contributed by atoms with Gasteiger partial charge >= 0.3 is 12.0 Å². The van der Waals surface area contributed by atoms with Crippen LogP contribution in [0.1, 0.15) is 15.9 Å². The molecule has 0 bridgehead atoms. The number of urea groups is 1. The number of carbonyl (C=O) groups is 2. The van der Waals surface area contributed by atoms with Gasteiger partial charge in [-0.2, -0.15) is 0 Å². The average molecular weight is 389 g/mol. The normalized spacial score (nSPS) is 14.7. The van der Waals surface area contributed by atoms with Gasteiger partial charge < -0.3 is 15.0 Å². The van der Waals surface area contributed by atoms with Gasteiger partial charge in [-0.05, 0) is 29.8 Å². The molecule has 0 spiro atoms. The van der Waals surface area contributed by atoms with E-state index in [1.54, 1.807) is 23.2 Å². The highest BCUT2D eigenvalue weighted by Crippen LogP contribution is 2.24. The van der Waals surface area contributed by atoms with Crippen LogP contribution >= 0.6 is 11.6 Å². The van der Waals surface area contributed by atoms with E-state index in [-0.39, 0.29) is 6.03 Å². The van der Waals surface area contributed by atoms with Crippen LogP contribution in [-0.2, 0) is 11.3 Å². The third-order valence-electron chi connectivity index (χ3n) is 4.42. The number of nitrogens with zero attached hydrogens (tertiary/aromatic N) is 3. The molecule has 0 unspecified atom stereocenters. The van der Waals surface area contributed by atoms with Crippen LogP contribution in [0.2, 0.25) is 5.02 Å². The van der Waals surface area contributed by atoms with Crippen LogP contribution < -0.4 is 5.32 Å². The molecule has 2 amide bonds. The number of carbonyl (C=O) groups excluding carboxylic acids is 2. The summed E-state index contributed by atoms with van der Waals surface area (Å²) in [6, 6.07) is 8.37. The molecule has 27 heavy (non-hydrogen) atoms. The lowest BCUT2D eigenvalue weighted by molar-refractivity contribution is 0.0600. The number of benzene rings is 1. The Kier molecular flexibility index (Phi) is 6.26. The molecule has 8 heteroatoms. The van der Waals surface area contributed by atoms with Gasteiger partial charge in [0.2, 0.25) is 0 Å². The van der Waals surface area contributed by atoms with E-state index in [1.807, 2.05) is 18.3 Å². The van der Waals surface area contributed by atoms with Crippen LogP contribution in [0.4, 0.5) is 10.5 Å². The third-order valence-corrected chi connectivity index (χ3v) is 4.75. The summed E-state index contributed by atoms with van der Waals surface area (Å²) < 4.78 is 4.70. The van der Waals surface area contributed by atoms with E-state index in [4.69, 9.17) is 16.3 Å². The fourth-order valence-electron chi connectivity index (χ4n) is 2.92. The van der Waals surface area contributed by atoms with Gasteiger partial charge in [0.05, 0.1) is 23.4 Å². The van der Waals surface area contributed by atoms with Gasteiger partial charge in [-0.15, -0.1) is 0 Å². The van der Waals surface area contributed by atoms with Gasteiger partial charge in [-0.25, -0.2) is 9.59 Å². The molecule has 1 aromatic carbocycles. The number of hydrogen-bond donors (Lipinski definition) is 1. The Morgan fingerprint density at radius 3 is 2.67 bits per heavy atom. The van der Waals surface area contributed by atoms with Gasteiger partial charge in [-0.3, -0.25) is 9.88 Å². The number of ether oxygens (including phenoxy) is 1. The lowest BCUT2D eigenvalue weighted by atomic mass is 10.2. The summed E-state index contributed by atoms with van der Waals surface area (Å²) in [5.41, 5.74) is 1.88. The number of amides is 2. The van der Waals surface area contributed by atoms with E-state index < -0.39 is 5.97 Å². The van der Waals surface area contributed by atoms with Crippen LogP contribution in [0.5, 0.6) is 0 Å². The minimum atomic E-state index is -0.480. The number of anilines is 1. The summed E-state index contributed by atoms with van der Waals surface area (Å²) in [5, 5.41) is 3.15. The van der Waals surface area contributed by atoms with Gasteiger partial charge in [0.15, 0.2) is 0 Å². The lowest BCUT2D eigenvalue weighted by Crippen LogP contribution is -2.49. The molecule has 1 saturated heterocycles. The number of methoxy groups -OCH3 is 1. The summed E-state index contributed by atoms with van der Waals surface area (Å²) in [6.45, 7) is 3.59. The monoisotopic (exact) mass is 388 g/mol. The molecule has 1 aliphatic rings. The summed E-state index contributed by atoms with van der Waals surface area (Å²) in [6.07, 6.45) is 3.61. The van der Waals surface area contributed by atoms with E-state index in [1.165, 1.54) is 13.2 Å². The molecule has 0 radical (unpaired) electrons. The molecule has 3 rings (SSSR count). The Morgan fingerprint density at radius 2 is 2.00 bits per heavy atom. The summed E-state index contributed by atoms with van der Waals surface area (Å²) in [4.78, 5) is 32.3. The SMILES string of the molecule is COC(=O)c1ccc(Cl)c(NC(=O)N2CCN(Cc3cccnc3)CC2)c1. The molecule has 7 nitrogen and oxygen atoms in total. The molecular weight excluding hydrogens is 368 g/mol. The quantitative estimate of drug-likeness (QED) is 0.815. The maximum atomic E-state index is 12.5. The van der Waals surface area contributed by atoms with E-state index in [0.717, 1.165) is 25.2 Å². The van der Waals surface area contributed by atoms with Crippen molar-refractivity contribution in [2.45, 2.75) is 6.54 Å². The summed E-state index contributed by atoms with van der Waals surface area (Å²) >= 11 is 6.14. The smallest absolute Gasteiger partial charge is 0.337 e. The van der Waals surface area contributed by atoms with Gasteiger partial charge in [-0.1, -0.05) is 17.7 Å². The number of nitrogens with one attached hydrogen (secondary N) is 1. The first-order chi connectivity index (χ1) is 13.1. The van der Waals surface area contributed by atoms with Crippen molar-refractivity contribution in [1.29, 1.82) is 0 Å². The van der Waals surface area contributed by atoms with Crippen molar-refractivity contribution in [3.63, 3.8) is 0 Å². The number of piperazine rings is 1. The van der Waals surface area contributed by atoms with Crippen LogP contribution in [0, 0.1) is 0 Å². The molecule has 0 atom stereocenters. The first kappa shape index (κ1) is 19.1. The highest BCUT2D eigenvalue weighted by molar-refractivity contribution is 6.33. The molecule has 2 heterocycles. The second kappa shape index (κ2) is 8.83. The lowest BCUT2D eigenvalue weighted by Gasteiger charge is -2.34. The molecule has 1 aromatic heterocycles. The number of hydrogen-bond acceptors (Lipinski definition) is 5. The van der Waals surface area contributed by atoms with Crippen LogP contribution in [0.3, 0.4) is 0 Å². The molecular formula is C19H21ClN4O3. The Morgan fingerprint density at radius 1 is 1.22 bits per heavy atom. The molecule has 0 aliphatic carbocycles. The molecule has 1 aliphatic heterocycles. The van der Waals surface area contributed by atoms with Crippen LogP contribution in [0.25, 0.3) is 0 Å². The van der Waals surface area contributed by atoms with Crippen molar-refractivity contribution in [1.82, 2.24) is 14.8 Å². The van der Waals surface area contributed by atoms with Crippen molar-refractivity contribution >= 4 is 29.3 Å². The van der Waals surface area contributed by atoms with E-state index in [9.17, 15) is 9.59 Å². The Hall–Kier alpha value is -2.64. The van der Waals surface area contributed by atoms with Crippen LogP contribution in [0.15, 0.2) is 42.7 Å². The number of aromatic nitrogens is 1. The van der Waals surface area contributed by atoms with E-state index >= 15 is 0 Å². The third kappa shape index (κ3) is 4.96. The minimum Gasteiger partial charge on any atom is -0.465 e. The first-order valence-corrected chi connectivity index (χ1v) is 8.99. The molecule has 1 fully saturated rings. The zero-order valence-electron chi connectivity index (χ0n) is 15.0. The highest BCUT2D eigenvalue weighted by Gasteiger charge is 2.22. The van der Waals surface area contributed by atoms with Gasteiger partial charge in [0.25, 0.3) is 0 Å². The average Bonchev–Trinajstić information content (AvgIpc) is 2.70. The summed E-state index contributed by atoms with van der Waals surface area (Å²) in [7, 11) is 1.31. The highest BCUT2D eigenvalue weighted by atomic mass is 35.5. The molecule has 1 N–H and O–H groups in total. The minimum absolute atomic E-state index is 0.236. The topological polar surface area (TPSA) is 74.8 Å². The van der Waals surface area contributed by atoms with E-state index in [0.29, 0.717) is 29.4 Å². The predicted octanol–water partition coefficient (Wildman–Crippen LogP) is 2.87. The van der Waals surface area contributed by atoms with Gasteiger partial charge in [0.1, 0.15) is 0 Å². The first-order valence-electron chi connectivity index (χ1n) is 8.62. The Balaban J connectivity index is 1.56. The fraction of sp³-hybridized carbons (Fsp3) is 0.316. The Bertz CT molecular complexity index is 808. The predicted molar refractivity (Wildman–Crippen MR) is 103 cm³/mol. The van der Waals surface area contributed by atoms with Crippen molar-refractivity contribution in [2.24, 2.45) is 0 Å². The largest absolute Gasteiger partial charge is 0.465 e. The maximum absolute atomic E-state index is 12.5. The van der Waals surface area contributed by atoms with Gasteiger partial charge in [0, 0.05) is 45.1 Å². The molecule has 142 valence electrons. The second-order valence-electron chi connectivity index (χ2n) is 6.24. The van der Waals surface area contributed by atoms with Crippen molar-refractivity contribution in [3.05, 3.63) is 58.9 Å². The van der Waals surface area contributed by atoms with E-state index in [2.05, 4.69) is 15.2 Å². The number of halogens is 1.